The number of amides is 2. The largest absolute Gasteiger partial charge is 0.497 e. The summed E-state index contributed by atoms with van der Waals surface area (Å²) in [7, 11) is 1.59. The number of fused-ring (bicyclic) bond motifs is 1. The first-order chi connectivity index (χ1) is 21.6. The predicted molar refractivity (Wildman–Crippen MR) is 177 cm³/mol. The quantitative estimate of drug-likeness (QED) is 0.125. The maximum atomic E-state index is 14.0. The molecule has 0 saturated carbocycles. The van der Waals surface area contributed by atoms with Crippen LogP contribution < -0.4 is 26.0 Å². The smallest absolute Gasteiger partial charge is 0.355 e. The Labute approximate surface area is 260 Å². The Morgan fingerprint density at radius 3 is 1.93 bits per heavy atom. The number of esters is 1. The van der Waals surface area contributed by atoms with Crippen molar-refractivity contribution in [3.8, 4) is 5.75 Å². The van der Waals surface area contributed by atoms with E-state index in [9.17, 15) is 14.4 Å². The first-order valence-electron chi connectivity index (χ1n) is 14.2. The number of thioether (sulfide) groups is 1. The van der Waals surface area contributed by atoms with Gasteiger partial charge in [-0.05, 0) is 51.9 Å². The second-order valence-electron chi connectivity index (χ2n) is 10.3. The van der Waals surface area contributed by atoms with Crippen molar-refractivity contribution in [1.29, 1.82) is 0 Å². The van der Waals surface area contributed by atoms with Crippen LogP contribution >= 0.6 is 18.6 Å². The monoisotopic (exact) mass is 622 g/mol. The van der Waals surface area contributed by atoms with Gasteiger partial charge in [0.25, 0.3) is 5.91 Å². The molecule has 44 heavy (non-hydrogen) atoms. The highest BCUT2D eigenvalue weighted by Gasteiger charge is 2.53. The van der Waals surface area contributed by atoms with Crippen molar-refractivity contribution in [2.75, 3.05) is 12.9 Å². The van der Waals surface area contributed by atoms with Gasteiger partial charge in [-0.25, -0.2) is 4.79 Å². The van der Waals surface area contributed by atoms with Crippen LogP contribution in [-0.4, -0.2) is 53.3 Å². The molecule has 4 aromatic rings. The fraction of sp³-hybridized carbons (Fsp3) is 0.143. The van der Waals surface area contributed by atoms with E-state index in [-0.39, 0.29) is 18.2 Å². The molecule has 1 saturated heterocycles. The first kappa shape index (κ1) is 29.5. The van der Waals surface area contributed by atoms with Gasteiger partial charge in [-0.3, -0.25) is 14.5 Å². The third kappa shape index (κ3) is 5.47. The summed E-state index contributed by atoms with van der Waals surface area (Å²) in [6, 6.07) is 37.5. The van der Waals surface area contributed by atoms with Crippen molar-refractivity contribution in [1.82, 2.24) is 10.2 Å². The minimum atomic E-state index is -2.48. The van der Waals surface area contributed by atoms with Crippen LogP contribution in [0.25, 0.3) is 0 Å². The van der Waals surface area contributed by atoms with E-state index in [0.29, 0.717) is 17.9 Å². The minimum absolute atomic E-state index is 0.0335. The number of β-lactam (4-membered cyclic amide) rings is 1. The standard InChI is InChI=1S/C35H31N2O5PS/c1-41-27-19-17-25(18-20-27)21-42-35(40)32-26(23-44-34-31(36-24-38)33(39)37(32)34)22-43(28-11-5-2-6-12-28,29-13-7-3-8-14-29)30-15-9-4-10-16-30/h2-20,22,24,31,34H,21,23H2,1H3,(H,36,38)/t31?,34-/m1/s1. The molecule has 6 rings (SSSR count). The first-order valence-corrected chi connectivity index (χ1v) is 17.1. The van der Waals surface area contributed by atoms with Crippen LogP contribution in [-0.2, 0) is 25.7 Å². The van der Waals surface area contributed by atoms with Crippen molar-refractivity contribution in [3.05, 3.63) is 132 Å². The topological polar surface area (TPSA) is 84.9 Å². The van der Waals surface area contributed by atoms with Crippen LogP contribution in [0.15, 0.2) is 127 Å². The number of hydrogen-bond acceptors (Lipinski definition) is 6. The van der Waals surface area contributed by atoms with Gasteiger partial charge in [-0.2, -0.15) is 0 Å². The maximum absolute atomic E-state index is 14.0. The number of benzene rings is 4. The second kappa shape index (κ2) is 13.0. The number of hydrogen-bond donors (Lipinski definition) is 1. The minimum Gasteiger partial charge on any atom is -0.497 e. The van der Waals surface area contributed by atoms with Crippen molar-refractivity contribution < 1.29 is 23.9 Å². The molecule has 4 aromatic carbocycles. The van der Waals surface area contributed by atoms with Gasteiger partial charge in [0.15, 0.2) is 0 Å². The summed E-state index contributed by atoms with van der Waals surface area (Å²) in [4.78, 5) is 40.2. The average Bonchev–Trinajstić information content (AvgIpc) is 3.09. The highest BCUT2D eigenvalue weighted by molar-refractivity contribution is 8.00. The Kier molecular flexibility index (Phi) is 8.73. The molecule has 2 aliphatic heterocycles. The molecule has 1 unspecified atom stereocenters. The Bertz CT molecular complexity index is 1640. The number of nitrogens with one attached hydrogen (secondary N) is 1. The number of nitrogens with zero attached hydrogens (tertiary/aromatic N) is 1. The van der Waals surface area contributed by atoms with Gasteiger partial charge < -0.3 is 14.8 Å². The Hall–Kier alpha value is -4.52. The lowest BCUT2D eigenvalue weighted by molar-refractivity contribution is -0.152. The van der Waals surface area contributed by atoms with Gasteiger partial charge in [0.05, 0.1) is 7.11 Å². The molecule has 2 aliphatic rings. The zero-order valence-electron chi connectivity index (χ0n) is 24.0. The van der Waals surface area contributed by atoms with E-state index in [1.165, 1.54) is 16.7 Å². The molecule has 9 heteroatoms. The molecular weight excluding hydrogens is 591 g/mol. The third-order valence-electron chi connectivity index (χ3n) is 7.81. The molecule has 0 aliphatic carbocycles. The summed E-state index contributed by atoms with van der Waals surface area (Å²) in [5.41, 5.74) is 1.75. The summed E-state index contributed by atoms with van der Waals surface area (Å²) < 4.78 is 11.1. The molecule has 1 N–H and O–H groups in total. The number of rotatable bonds is 10. The molecule has 0 spiro atoms. The highest BCUT2D eigenvalue weighted by atomic mass is 32.2. The summed E-state index contributed by atoms with van der Waals surface area (Å²) >= 11 is 1.53. The summed E-state index contributed by atoms with van der Waals surface area (Å²) in [5, 5.41) is 5.59. The SMILES string of the molecule is COc1ccc(COC(=O)C2=C(C=P(c3ccccc3)(c3ccccc3)c3ccccc3)CS[C@@H]3C(NC=O)C(=O)N23)cc1. The molecule has 0 aromatic heterocycles. The van der Waals surface area contributed by atoms with Gasteiger partial charge in [0.1, 0.15) is 29.5 Å². The Morgan fingerprint density at radius 1 is 0.886 bits per heavy atom. The molecule has 0 bridgehead atoms. The molecular formula is C35H31N2O5PS. The van der Waals surface area contributed by atoms with Crippen LogP contribution in [0.4, 0.5) is 0 Å². The fourth-order valence-corrected chi connectivity index (χ4v) is 11.0. The van der Waals surface area contributed by atoms with E-state index in [4.69, 9.17) is 9.47 Å². The molecule has 222 valence electrons. The Balaban J connectivity index is 1.54. The van der Waals surface area contributed by atoms with Crippen LogP contribution in [0.5, 0.6) is 5.75 Å². The van der Waals surface area contributed by atoms with Crippen LogP contribution in [0, 0.1) is 0 Å². The van der Waals surface area contributed by atoms with Crippen LogP contribution in [0.1, 0.15) is 5.56 Å². The molecule has 2 heterocycles. The van der Waals surface area contributed by atoms with E-state index < -0.39 is 24.3 Å². The molecule has 7 nitrogen and oxygen atoms in total. The lowest BCUT2D eigenvalue weighted by atomic mass is 10.0. The van der Waals surface area contributed by atoms with E-state index in [0.717, 1.165) is 27.1 Å². The van der Waals surface area contributed by atoms with Gasteiger partial charge in [-0.15, -0.1) is 11.8 Å². The summed E-state index contributed by atoms with van der Waals surface area (Å²) in [6.07, 6.45) is 0.532. The fourth-order valence-electron chi connectivity index (χ4n) is 5.66. The van der Waals surface area contributed by atoms with Crippen molar-refractivity contribution in [2.24, 2.45) is 0 Å². The van der Waals surface area contributed by atoms with E-state index in [1.54, 1.807) is 7.11 Å². The maximum Gasteiger partial charge on any atom is 0.355 e. The average molecular weight is 623 g/mol. The van der Waals surface area contributed by atoms with Gasteiger partial charge in [0, 0.05) is 5.75 Å². The van der Waals surface area contributed by atoms with E-state index >= 15 is 0 Å². The Morgan fingerprint density at radius 2 is 1.43 bits per heavy atom. The van der Waals surface area contributed by atoms with Crippen molar-refractivity contribution in [3.63, 3.8) is 0 Å². The number of carbonyl (C=O) groups is 3. The lowest BCUT2D eigenvalue weighted by Crippen LogP contribution is -2.69. The van der Waals surface area contributed by atoms with Gasteiger partial charge in [-0.1, -0.05) is 103 Å². The second-order valence-corrected chi connectivity index (χ2v) is 14.7. The molecule has 0 radical (unpaired) electrons. The number of ether oxygens (including phenoxy) is 2. The number of methoxy groups -OCH3 is 1. The molecule has 2 amide bonds. The van der Waals surface area contributed by atoms with Crippen molar-refractivity contribution >= 4 is 58.6 Å². The summed E-state index contributed by atoms with van der Waals surface area (Å²) in [6.45, 7) is -2.45. The van der Waals surface area contributed by atoms with E-state index in [1.807, 2.05) is 78.9 Å². The van der Waals surface area contributed by atoms with Gasteiger partial charge in [0.2, 0.25) is 6.41 Å². The normalized spacial score (nSPS) is 17.7. The zero-order valence-corrected chi connectivity index (χ0v) is 25.7. The van der Waals surface area contributed by atoms with Crippen molar-refractivity contribution in [2.45, 2.75) is 18.0 Å². The zero-order chi connectivity index (χ0) is 30.5. The molecule has 1 fully saturated rings. The third-order valence-corrected chi connectivity index (χ3v) is 13.1. The van der Waals surface area contributed by atoms with E-state index in [2.05, 4.69) is 47.5 Å². The predicted octanol–water partition coefficient (Wildman–Crippen LogP) is 3.82. The molecule has 2 atom stereocenters. The lowest BCUT2D eigenvalue weighted by Gasteiger charge is -2.49. The van der Waals surface area contributed by atoms with Crippen LogP contribution in [0.2, 0.25) is 0 Å². The summed E-state index contributed by atoms with van der Waals surface area (Å²) in [5.74, 6) is 2.47. The number of carbonyl (C=O) groups excluding carboxylic acids is 3. The van der Waals surface area contributed by atoms with Gasteiger partial charge >= 0.3 is 5.97 Å². The highest BCUT2D eigenvalue weighted by Crippen LogP contribution is 2.47. The van der Waals surface area contributed by atoms with Crippen LogP contribution in [0.3, 0.4) is 0 Å².